The Morgan fingerprint density at radius 1 is 0.432 bits per heavy atom. The van der Waals surface area contributed by atoms with Crippen LogP contribution in [0.15, 0.2) is 126 Å². The molecule has 5 aromatic carbocycles. The smallest absolute Gasteiger partial charge is 0.135 e. The van der Waals surface area contributed by atoms with Crippen LogP contribution in [0.3, 0.4) is 0 Å². The van der Waals surface area contributed by atoms with E-state index in [9.17, 15) is 0 Å². The Labute approximate surface area is 212 Å². The van der Waals surface area contributed by atoms with Crippen molar-refractivity contribution in [3.8, 4) is 22.4 Å². The number of nitrogens with zero attached hydrogens (tertiary/aromatic N) is 2. The molecular formula is C34H20N2O. The number of hydrogen-bond acceptors (Lipinski definition) is 3. The van der Waals surface area contributed by atoms with Crippen molar-refractivity contribution in [2.45, 2.75) is 0 Å². The zero-order valence-electron chi connectivity index (χ0n) is 19.8. The predicted octanol–water partition coefficient (Wildman–Crippen LogP) is 9.17. The summed E-state index contributed by atoms with van der Waals surface area (Å²) in [6.07, 6.45) is 0. The monoisotopic (exact) mass is 472 g/mol. The molecule has 0 spiro atoms. The molecule has 3 heteroatoms. The van der Waals surface area contributed by atoms with Gasteiger partial charge in [0.05, 0.1) is 22.2 Å². The normalized spacial score (nSPS) is 11.8. The van der Waals surface area contributed by atoms with Gasteiger partial charge < -0.3 is 4.42 Å². The Morgan fingerprint density at radius 3 is 2.14 bits per heavy atom. The Morgan fingerprint density at radius 2 is 1.19 bits per heavy atom. The summed E-state index contributed by atoms with van der Waals surface area (Å²) in [4.78, 5) is 10.3. The first-order valence-electron chi connectivity index (χ1n) is 12.4. The van der Waals surface area contributed by atoms with Crippen molar-refractivity contribution in [2.24, 2.45) is 0 Å². The fourth-order valence-corrected chi connectivity index (χ4v) is 5.41. The van der Waals surface area contributed by atoms with Gasteiger partial charge in [0, 0.05) is 32.5 Å². The Bertz CT molecular complexity index is 2140. The first kappa shape index (κ1) is 20.2. The van der Waals surface area contributed by atoms with E-state index in [1.54, 1.807) is 0 Å². The molecule has 0 aliphatic heterocycles. The van der Waals surface area contributed by atoms with Crippen molar-refractivity contribution >= 4 is 54.6 Å². The molecule has 0 unspecified atom stereocenters. The lowest BCUT2D eigenvalue weighted by Crippen LogP contribution is -1.93. The van der Waals surface area contributed by atoms with Gasteiger partial charge in [0.1, 0.15) is 11.2 Å². The van der Waals surface area contributed by atoms with Crippen LogP contribution in [0.5, 0.6) is 0 Å². The molecule has 0 radical (unpaired) electrons. The van der Waals surface area contributed by atoms with Crippen LogP contribution in [0.25, 0.3) is 77.0 Å². The third-order valence-corrected chi connectivity index (χ3v) is 7.22. The van der Waals surface area contributed by atoms with Crippen molar-refractivity contribution in [3.05, 3.63) is 121 Å². The topological polar surface area (TPSA) is 38.9 Å². The van der Waals surface area contributed by atoms with E-state index in [0.717, 1.165) is 77.0 Å². The molecule has 37 heavy (non-hydrogen) atoms. The first-order valence-corrected chi connectivity index (χ1v) is 12.4. The molecule has 0 saturated heterocycles. The zero-order valence-corrected chi connectivity index (χ0v) is 19.8. The Hall–Kier alpha value is -5.02. The maximum absolute atomic E-state index is 6.04. The molecule has 0 aliphatic carbocycles. The highest BCUT2D eigenvalue weighted by Gasteiger charge is 2.14. The van der Waals surface area contributed by atoms with Gasteiger partial charge in [0.2, 0.25) is 0 Å². The molecule has 0 N–H and O–H groups in total. The van der Waals surface area contributed by atoms with E-state index < -0.39 is 0 Å². The summed E-state index contributed by atoms with van der Waals surface area (Å²) < 4.78 is 6.04. The first-order chi connectivity index (χ1) is 18.3. The van der Waals surface area contributed by atoms with Crippen molar-refractivity contribution < 1.29 is 4.42 Å². The average Bonchev–Trinajstić information content (AvgIpc) is 3.34. The van der Waals surface area contributed by atoms with Crippen molar-refractivity contribution in [1.29, 1.82) is 0 Å². The van der Waals surface area contributed by atoms with Gasteiger partial charge in [0.25, 0.3) is 0 Å². The van der Waals surface area contributed by atoms with Crippen LogP contribution < -0.4 is 0 Å². The molecule has 0 atom stereocenters. The lowest BCUT2D eigenvalue weighted by atomic mass is 9.98. The summed E-state index contributed by atoms with van der Waals surface area (Å²) in [7, 11) is 0. The predicted molar refractivity (Wildman–Crippen MR) is 153 cm³/mol. The lowest BCUT2D eigenvalue weighted by molar-refractivity contribution is 0.669. The van der Waals surface area contributed by atoms with Crippen LogP contribution in [-0.2, 0) is 0 Å². The highest BCUT2D eigenvalue weighted by atomic mass is 16.3. The van der Waals surface area contributed by atoms with Crippen molar-refractivity contribution in [2.75, 3.05) is 0 Å². The number of rotatable bonds is 2. The number of hydrogen-bond donors (Lipinski definition) is 0. The summed E-state index contributed by atoms with van der Waals surface area (Å²) in [5.74, 6) is 0. The molecule has 3 heterocycles. The molecular weight excluding hydrogens is 452 g/mol. The van der Waals surface area contributed by atoms with Crippen molar-refractivity contribution in [1.82, 2.24) is 9.97 Å². The van der Waals surface area contributed by atoms with Crippen LogP contribution >= 0.6 is 0 Å². The van der Waals surface area contributed by atoms with Crippen LogP contribution in [0.2, 0.25) is 0 Å². The molecule has 8 rings (SSSR count). The number of benzene rings is 5. The zero-order chi connectivity index (χ0) is 24.3. The van der Waals surface area contributed by atoms with Crippen LogP contribution in [0.1, 0.15) is 0 Å². The third-order valence-electron chi connectivity index (χ3n) is 7.22. The Balaban J connectivity index is 1.40. The second-order valence-corrected chi connectivity index (χ2v) is 9.44. The molecule has 172 valence electrons. The average molecular weight is 473 g/mol. The van der Waals surface area contributed by atoms with E-state index in [0.29, 0.717) is 0 Å². The van der Waals surface area contributed by atoms with Crippen molar-refractivity contribution in [3.63, 3.8) is 0 Å². The van der Waals surface area contributed by atoms with E-state index in [2.05, 4.69) is 97.1 Å². The fraction of sp³-hybridized carbons (Fsp3) is 0. The molecule has 0 bridgehead atoms. The van der Waals surface area contributed by atoms with E-state index >= 15 is 0 Å². The van der Waals surface area contributed by atoms with Gasteiger partial charge in [0.15, 0.2) is 0 Å². The molecule has 8 aromatic rings. The van der Waals surface area contributed by atoms with Crippen LogP contribution in [-0.4, -0.2) is 9.97 Å². The number of para-hydroxylation sites is 2. The summed E-state index contributed by atoms with van der Waals surface area (Å²) in [6.45, 7) is 0. The maximum Gasteiger partial charge on any atom is 0.135 e. The lowest BCUT2D eigenvalue weighted by Gasteiger charge is -2.12. The fourth-order valence-electron chi connectivity index (χ4n) is 5.41. The minimum Gasteiger partial charge on any atom is -0.456 e. The number of pyridine rings is 2. The number of furan rings is 1. The molecule has 0 fully saturated rings. The third kappa shape index (κ3) is 3.14. The van der Waals surface area contributed by atoms with Gasteiger partial charge >= 0.3 is 0 Å². The number of aromatic nitrogens is 2. The molecule has 0 aliphatic rings. The van der Waals surface area contributed by atoms with Gasteiger partial charge in [-0.2, -0.15) is 0 Å². The van der Waals surface area contributed by atoms with E-state index in [1.807, 2.05) is 24.3 Å². The standard InChI is InChI=1S/C34H20N2O/c1-2-8-21(9-3-1)33-28-19-24-10-4-6-12-29(24)35-34(28)26-16-14-23(20-30(26)36-33)22-15-17-32-27(18-22)25-11-5-7-13-31(25)37-32/h1-20H. The molecule has 3 aromatic heterocycles. The number of fused-ring (bicyclic) bond motifs is 7. The highest BCUT2D eigenvalue weighted by molar-refractivity contribution is 6.13. The SMILES string of the molecule is c1ccc(-c2nc3cc(-c4ccc5oc6ccccc6c5c4)ccc3c3nc4ccccc4cc23)cc1. The largest absolute Gasteiger partial charge is 0.456 e. The molecule has 3 nitrogen and oxygen atoms in total. The second-order valence-electron chi connectivity index (χ2n) is 9.44. The van der Waals surface area contributed by atoms with E-state index in [1.165, 1.54) is 0 Å². The summed E-state index contributed by atoms with van der Waals surface area (Å²) >= 11 is 0. The molecule has 0 amide bonds. The van der Waals surface area contributed by atoms with Gasteiger partial charge in [-0.15, -0.1) is 0 Å². The highest BCUT2D eigenvalue weighted by Crippen LogP contribution is 2.37. The summed E-state index contributed by atoms with van der Waals surface area (Å²) in [6, 6.07) is 42.0. The Kier molecular flexibility index (Phi) is 4.23. The quantitative estimate of drug-likeness (QED) is 0.186. The van der Waals surface area contributed by atoms with E-state index in [4.69, 9.17) is 14.4 Å². The van der Waals surface area contributed by atoms with Crippen LogP contribution in [0, 0.1) is 0 Å². The minimum atomic E-state index is 0.900. The maximum atomic E-state index is 6.04. The summed E-state index contributed by atoms with van der Waals surface area (Å²) in [5.41, 5.74) is 9.00. The minimum absolute atomic E-state index is 0.900. The van der Waals surface area contributed by atoms with Gasteiger partial charge in [-0.1, -0.05) is 78.9 Å². The van der Waals surface area contributed by atoms with Gasteiger partial charge in [-0.05, 0) is 53.6 Å². The van der Waals surface area contributed by atoms with Gasteiger partial charge in [-0.3, -0.25) is 0 Å². The second kappa shape index (κ2) is 7.74. The summed E-state index contributed by atoms with van der Waals surface area (Å²) in [5, 5.41) is 5.49. The molecule has 0 saturated carbocycles. The van der Waals surface area contributed by atoms with Gasteiger partial charge in [-0.25, -0.2) is 9.97 Å². The van der Waals surface area contributed by atoms with E-state index in [-0.39, 0.29) is 0 Å². The van der Waals surface area contributed by atoms with Crippen LogP contribution in [0.4, 0.5) is 0 Å².